The first kappa shape index (κ1) is 14.1. The Morgan fingerprint density at radius 1 is 1.24 bits per heavy atom. The fourth-order valence-corrected chi connectivity index (χ4v) is 3.03. The van der Waals surface area contributed by atoms with E-state index >= 15 is 0 Å². The van der Waals surface area contributed by atoms with E-state index in [1.54, 1.807) is 0 Å². The lowest BCUT2D eigenvalue weighted by molar-refractivity contribution is -0.143. The lowest BCUT2D eigenvalue weighted by Crippen LogP contribution is -2.58. The van der Waals surface area contributed by atoms with Gasteiger partial charge in [0.05, 0.1) is 6.61 Å². The topological polar surface area (TPSA) is 29.5 Å². The molecule has 1 aliphatic rings. The molecule has 0 amide bonds. The van der Waals surface area contributed by atoms with Crippen molar-refractivity contribution in [2.75, 3.05) is 6.61 Å². The quantitative estimate of drug-likeness (QED) is 0.560. The van der Waals surface area contributed by atoms with Crippen molar-refractivity contribution in [3.05, 3.63) is 12.3 Å². The molecule has 1 fully saturated rings. The average molecular weight is 239 g/mol. The fraction of sp³-hybridized carbons (Fsp3) is 0.786. The van der Waals surface area contributed by atoms with Gasteiger partial charge in [-0.25, -0.2) is 4.79 Å². The zero-order valence-corrected chi connectivity index (χ0v) is 11.8. The monoisotopic (exact) mass is 239 g/mol. The standard InChI is InChI=1S/C14H25NO2/c1-7-17-12(16)11(2)15-13(3,4)9-8-10-14(15,5)6/h2,7-10H2,1,3-6H3. The van der Waals surface area contributed by atoms with E-state index in [1.165, 1.54) is 6.42 Å². The van der Waals surface area contributed by atoms with Crippen LogP contribution < -0.4 is 0 Å². The number of hydrogen-bond acceptors (Lipinski definition) is 3. The minimum atomic E-state index is -0.296. The van der Waals surface area contributed by atoms with Gasteiger partial charge in [0.15, 0.2) is 0 Å². The molecule has 0 N–H and O–H groups in total. The molecule has 0 unspecified atom stereocenters. The summed E-state index contributed by atoms with van der Waals surface area (Å²) in [4.78, 5) is 14.0. The molecule has 1 rings (SSSR count). The van der Waals surface area contributed by atoms with Crippen LogP contribution in [0.15, 0.2) is 12.3 Å². The Balaban J connectivity index is 2.97. The van der Waals surface area contributed by atoms with Crippen molar-refractivity contribution in [2.24, 2.45) is 0 Å². The third-order valence-corrected chi connectivity index (χ3v) is 3.57. The van der Waals surface area contributed by atoms with Crippen LogP contribution in [0.1, 0.15) is 53.9 Å². The normalized spacial score (nSPS) is 22.1. The van der Waals surface area contributed by atoms with E-state index in [9.17, 15) is 4.79 Å². The molecule has 17 heavy (non-hydrogen) atoms. The number of ether oxygens (including phenoxy) is 1. The molecule has 3 heteroatoms. The SMILES string of the molecule is C=C(C(=O)OCC)N1C(C)(C)CCCC1(C)C. The minimum Gasteiger partial charge on any atom is -0.461 e. The van der Waals surface area contributed by atoms with Crippen LogP contribution in [-0.4, -0.2) is 28.6 Å². The predicted molar refractivity (Wildman–Crippen MR) is 69.6 cm³/mol. The molecule has 1 aliphatic heterocycles. The highest BCUT2D eigenvalue weighted by Crippen LogP contribution is 2.40. The van der Waals surface area contributed by atoms with Gasteiger partial charge in [-0.3, -0.25) is 0 Å². The summed E-state index contributed by atoms with van der Waals surface area (Å²) in [6.45, 7) is 14.8. The van der Waals surface area contributed by atoms with E-state index in [1.807, 2.05) is 6.92 Å². The second kappa shape index (κ2) is 4.71. The Kier molecular flexibility index (Phi) is 3.90. The van der Waals surface area contributed by atoms with E-state index in [2.05, 4.69) is 39.2 Å². The zero-order valence-electron chi connectivity index (χ0n) is 11.8. The maximum Gasteiger partial charge on any atom is 0.353 e. The van der Waals surface area contributed by atoms with E-state index < -0.39 is 0 Å². The van der Waals surface area contributed by atoms with Crippen molar-refractivity contribution < 1.29 is 9.53 Å². The van der Waals surface area contributed by atoms with E-state index in [0.717, 1.165) is 12.8 Å². The van der Waals surface area contributed by atoms with Gasteiger partial charge in [-0.15, -0.1) is 0 Å². The van der Waals surface area contributed by atoms with E-state index in [4.69, 9.17) is 4.74 Å². The highest BCUT2D eigenvalue weighted by molar-refractivity contribution is 5.87. The lowest BCUT2D eigenvalue weighted by Gasteiger charge is -2.54. The second-order valence-corrected chi connectivity index (χ2v) is 5.98. The molecule has 0 aromatic heterocycles. The van der Waals surface area contributed by atoms with Crippen LogP contribution >= 0.6 is 0 Å². The molecule has 1 saturated heterocycles. The van der Waals surface area contributed by atoms with Crippen LogP contribution in [0.4, 0.5) is 0 Å². The highest BCUT2D eigenvalue weighted by Gasteiger charge is 2.43. The second-order valence-electron chi connectivity index (χ2n) is 5.98. The summed E-state index contributed by atoms with van der Waals surface area (Å²) in [5, 5.41) is 0. The number of piperidine rings is 1. The molecular formula is C14H25NO2. The number of carbonyl (C=O) groups is 1. The highest BCUT2D eigenvalue weighted by atomic mass is 16.5. The molecule has 1 heterocycles. The number of nitrogens with zero attached hydrogens (tertiary/aromatic N) is 1. The van der Waals surface area contributed by atoms with E-state index in [-0.39, 0.29) is 17.0 Å². The van der Waals surface area contributed by atoms with Crippen molar-refractivity contribution in [3.63, 3.8) is 0 Å². The first-order chi connectivity index (χ1) is 7.72. The maximum atomic E-state index is 11.9. The molecule has 3 nitrogen and oxygen atoms in total. The summed E-state index contributed by atoms with van der Waals surface area (Å²) in [5.41, 5.74) is 0.415. The predicted octanol–water partition coefficient (Wildman–Crippen LogP) is 3.11. The summed E-state index contributed by atoms with van der Waals surface area (Å²) >= 11 is 0. The van der Waals surface area contributed by atoms with Gasteiger partial charge in [0, 0.05) is 11.1 Å². The Labute approximate surface area is 105 Å². The number of esters is 1. The van der Waals surface area contributed by atoms with Gasteiger partial charge in [-0.05, 0) is 53.9 Å². The third-order valence-electron chi connectivity index (χ3n) is 3.57. The molecule has 0 aromatic rings. The average Bonchev–Trinajstić information content (AvgIpc) is 2.14. The molecule has 0 saturated carbocycles. The Morgan fingerprint density at radius 2 is 1.71 bits per heavy atom. The molecular weight excluding hydrogens is 214 g/mol. The number of rotatable bonds is 3. The van der Waals surface area contributed by atoms with Crippen molar-refractivity contribution in [1.82, 2.24) is 4.90 Å². The van der Waals surface area contributed by atoms with Crippen molar-refractivity contribution in [2.45, 2.75) is 65.0 Å². The first-order valence-corrected chi connectivity index (χ1v) is 6.39. The van der Waals surface area contributed by atoms with Crippen LogP contribution in [-0.2, 0) is 9.53 Å². The van der Waals surface area contributed by atoms with Gasteiger partial charge in [-0.2, -0.15) is 0 Å². The molecule has 0 radical (unpaired) electrons. The zero-order chi connectivity index (χ0) is 13.3. The summed E-state index contributed by atoms with van der Waals surface area (Å²) in [6, 6.07) is 0. The number of carbonyl (C=O) groups excluding carboxylic acids is 1. The largest absolute Gasteiger partial charge is 0.461 e. The Hall–Kier alpha value is -0.990. The molecule has 0 spiro atoms. The third kappa shape index (κ3) is 2.82. The van der Waals surface area contributed by atoms with Gasteiger partial charge in [0.1, 0.15) is 5.70 Å². The first-order valence-electron chi connectivity index (χ1n) is 6.39. The van der Waals surface area contributed by atoms with Crippen LogP contribution in [0.25, 0.3) is 0 Å². The van der Waals surface area contributed by atoms with Crippen LogP contribution in [0, 0.1) is 0 Å². The van der Waals surface area contributed by atoms with Gasteiger partial charge < -0.3 is 9.64 Å². The van der Waals surface area contributed by atoms with Crippen molar-refractivity contribution >= 4 is 5.97 Å². The summed E-state index contributed by atoms with van der Waals surface area (Å²) < 4.78 is 5.06. The summed E-state index contributed by atoms with van der Waals surface area (Å²) in [5.74, 6) is -0.296. The smallest absolute Gasteiger partial charge is 0.353 e. The van der Waals surface area contributed by atoms with Gasteiger partial charge >= 0.3 is 5.97 Å². The molecule has 0 aliphatic carbocycles. The maximum absolute atomic E-state index is 11.9. The molecule has 0 aromatic carbocycles. The van der Waals surface area contributed by atoms with Crippen molar-refractivity contribution in [3.8, 4) is 0 Å². The molecule has 98 valence electrons. The van der Waals surface area contributed by atoms with E-state index in [0.29, 0.717) is 12.3 Å². The minimum absolute atomic E-state index is 0.0361. The van der Waals surface area contributed by atoms with Crippen LogP contribution in [0.2, 0.25) is 0 Å². The van der Waals surface area contributed by atoms with Gasteiger partial charge in [0.25, 0.3) is 0 Å². The van der Waals surface area contributed by atoms with Crippen LogP contribution in [0.3, 0.4) is 0 Å². The lowest BCUT2D eigenvalue weighted by atomic mass is 9.79. The molecule has 0 bridgehead atoms. The summed E-state index contributed by atoms with van der Waals surface area (Å²) in [7, 11) is 0. The van der Waals surface area contributed by atoms with Crippen LogP contribution in [0.5, 0.6) is 0 Å². The number of hydrogen-bond donors (Lipinski definition) is 0. The van der Waals surface area contributed by atoms with Gasteiger partial charge in [0.2, 0.25) is 0 Å². The van der Waals surface area contributed by atoms with Gasteiger partial charge in [-0.1, -0.05) is 6.58 Å². The fourth-order valence-electron chi connectivity index (χ4n) is 3.03. The van der Waals surface area contributed by atoms with Crippen molar-refractivity contribution in [1.29, 1.82) is 0 Å². The number of likely N-dealkylation sites (tertiary alicyclic amines) is 1. The Morgan fingerprint density at radius 3 is 2.12 bits per heavy atom. The Bertz CT molecular complexity index is 302. The summed E-state index contributed by atoms with van der Waals surface area (Å²) in [6.07, 6.45) is 3.34. The molecule has 0 atom stereocenters.